The van der Waals surface area contributed by atoms with Crippen molar-refractivity contribution in [2.45, 2.75) is 24.7 Å². The average molecular weight is 371 g/mol. The van der Waals surface area contributed by atoms with Crippen LogP contribution in [-0.2, 0) is 11.0 Å². The molecule has 25 heavy (non-hydrogen) atoms. The normalized spacial score (nSPS) is 20.5. The lowest BCUT2D eigenvalue weighted by atomic mass is 10.0. The van der Waals surface area contributed by atoms with Gasteiger partial charge in [-0.05, 0) is 36.2 Å². The summed E-state index contributed by atoms with van der Waals surface area (Å²) < 4.78 is 38.6. The lowest BCUT2D eigenvalue weighted by molar-refractivity contribution is -0.137. The van der Waals surface area contributed by atoms with Crippen LogP contribution in [0.1, 0.15) is 23.6 Å². The van der Waals surface area contributed by atoms with E-state index in [2.05, 4.69) is 21.2 Å². The van der Waals surface area contributed by atoms with Gasteiger partial charge < -0.3 is 5.32 Å². The van der Waals surface area contributed by atoms with Crippen LogP contribution in [0, 0.1) is 0 Å². The smallest absolute Gasteiger partial charge is 0.325 e. The Morgan fingerprint density at radius 2 is 2.08 bits per heavy atom. The molecule has 1 saturated heterocycles. The standard InChI is InChI=1S/C16H14ClF3N4O/c17-12-4-3-10(6-11(12)16(18,19)20)22-15(25)14-7-13(23-24-14)9-2-1-5-21-8-9/h1-6,8,13-14,23-24H,7H2,(H,22,25). The first-order valence-corrected chi connectivity index (χ1v) is 7.81. The Labute approximate surface area is 146 Å². The molecule has 2 unspecified atom stereocenters. The Balaban J connectivity index is 1.67. The van der Waals surface area contributed by atoms with E-state index in [1.807, 2.05) is 6.07 Å². The van der Waals surface area contributed by atoms with Crippen molar-refractivity contribution < 1.29 is 18.0 Å². The van der Waals surface area contributed by atoms with E-state index in [-0.39, 0.29) is 11.7 Å². The molecule has 2 atom stereocenters. The van der Waals surface area contributed by atoms with Crippen LogP contribution < -0.4 is 16.2 Å². The summed E-state index contributed by atoms with van der Waals surface area (Å²) in [4.78, 5) is 16.3. The predicted molar refractivity (Wildman–Crippen MR) is 86.7 cm³/mol. The van der Waals surface area contributed by atoms with Gasteiger partial charge in [0, 0.05) is 24.1 Å². The Kier molecular flexibility index (Phi) is 4.94. The number of alkyl halides is 3. The van der Waals surface area contributed by atoms with Gasteiger partial charge in [0.05, 0.1) is 10.6 Å². The van der Waals surface area contributed by atoms with Crippen LogP contribution in [0.4, 0.5) is 18.9 Å². The summed E-state index contributed by atoms with van der Waals surface area (Å²) in [5, 5.41) is 2.07. The summed E-state index contributed by atoms with van der Waals surface area (Å²) in [6, 6.07) is 6.23. The minimum Gasteiger partial charge on any atom is -0.325 e. The summed E-state index contributed by atoms with van der Waals surface area (Å²) >= 11 is 5.57. The van der Waals surface area contributed by atoms with E-state index in [0.29, 0.717) is 6.42 Å². The minimum atomic E-state index is -4.59. The van der Waals surface area contributed by atoms with E-state index in [9.17, 15) is 18.0 Å². The Morgan fingerprint density at radius 1 is 1.28 bits per heavy atom. The molecule has 9 heteroatoms. The molecular formula is C16H14ClF3N4O. The highest BCUT2D eigenvalue weighted by Crippen LogP contribution is 2.36. The summed E-state index contributed by atoms with van der Waals surface area (Å²) in [6.45, 7) is 0. The number of carbonyl (C=O) groups is 1. The number of nitrogens with zero attached hydrogens (tertiary/aromatic N) is 1. The molecule has 1 aromatic carbocycles. The van der Waals surface area contributed by atoms with E-state index < -0.39 is 28.7 Å². The van der Waals surface area contributed by atoms with Gasteiger partial charge in [-0.15, -0.1) is 0 Å². The lowest BCUT2D eigenvalue weighted by Gasteiger charge is -2.14. The fraction of sp³-hybridized carbons (Fsp3) is 0.250. The van der Waals surface area contributed by atoms with Gasteiger partial charge >= 0.3 is 6.18 Å². The van der Waals surface area contributed by atoms with Crippen LogP contribution in [-0.4, -0.2) is 16.9 Å². The second kappa shape index (κ2) is 6.99. The van der Waals surface area contributed by atoms with Crippen molar-refractivity contribution in [1.82, 2.24) is 15.8 Å². The SMILES string of the molecule is O=C(Nc1ccc(Cl)c(C(F)(F)F)c1)C1CC(c2cccnc2)NN1. The molecule has 1 fully saturated rings. The first kappa shape index (κ1) is 17.7. The van der Waals surface area contributed by atoms with E-state index in [4.69, 9.17) is 11.6 Å². The second-order valence-corrected chi connectivity index (χ2v) is 6.00. The number of halogens is 4. The molecule has 2 heterocycles. The molecule has 2 aromatic rings. The van der Waals surface area contributed by atoms with Crippen LogP contribution in [0.15, 0.2) is 42.7 Å². The molecule has 0 aliphatic carbocycles. The first-order chi connectivity index (χ1) is 11.8. The number of benzene rings is 1. The van der Waals surface area contributed by atoms with Gasteiger partial charge in [-0.25, -0.2) is 10.9 Å². The monoisotopic (exact) mass is 370 g/mol. The highest BCUT2D eigenvalue weighted by atomic mass is 35.5. The molecule has 0 spiro atoms. The fourth-order valence-electron chi connectivity index (χ4n) is 2.58. The number of hydrogen-bond donors (Lipinski definition) is 3. The number of carbonyl (C=O) groups excluding carboxylic acids is 1. The average Bonchev–Trinajstić information content (AvgIpc) is 3.06. The molecule has 1 aromatic heterocycles. The van der Waals surface area contributed by atoms with Crippen molar-refractivity contribution in [2.75, 3.05) is 5.32 Å². The highest BCUT2D eigenvalue weighted by molar-refractivity contribution is 6.31. The number of rotatable bonds is 3. The summed E-state index contributed by atoms with van der Waals surface area (Å²) in [6.07, 6.45) is -0.809. The van der Waals surface area contributed by atoms with Crippen molar-refractivity contribution in [2.24, 2.45) is 0 Å². The van der Waals surface area contributed by atoms with Gasteiger partial charge in [0.25, 0.3) is 0 Å². The molecule has 0 saturated carbocycles. The summed E-state index contributed by atoms with van der Waals surface area (Å²) in [5.74, 6) is -0.436. The van der Waals surface area contributed by atoms with Crippen molar-refractivity contribution >= 4 is 23.2 Å². The van der Waals surface area contributed by atoms with Crippen molar-refractivity contribution in [1.29, 1.82) is 0 Å². The van der Waals surface area contributed by atoms with Gasteiger partial charge in [-0.3, -0.25) is 9.78 Å². The topological polar surface area (TPSA) is 66.0 Å². The molecule has 0 radical (unpaired) electrons. The Hall–Kier alpha value is -2.16. The zero-order valence-electron chi connectivity index (χ0n) is 12.8. The molecule has 132 valence electrons. The number of anilines is 1. The summed E-state index contributed by atoms with van der Waals surface area (Å²) in [5.41, 5.74) is 5.79. The second-order valence-electron chi connectivity index (χ2n) is 5.60. The molecule has 1 aliphatic heterocycles. The van der Waals surface area contributed by atoms with Crippen molar-refractivity contribution in [3.05, 3.63) is 58.9 Å². The third kappa shape index (κ3) is 4.09. The molecule has 1 aliphatic rings. The van der Waals surface area contributed by atoms with Gasteiger partial charge in [-0.1, -0.05) is 17.7 Å². The molecule has 3 N–H and O–H groups in total. The Bertz CT molecular complexity index is 770. The van der Waals surface area contributed by atoms with E-state index in [1.54, 1.807) is 18.5 Å². The molecule has 1 amide bonds. The minimum absolute atomic E-state index is 0.0355. The number of hydrazine groups is 1. The number of nitrogens with one attached hydrogen (secondary N) is 3. The van der Waals surface area contributed by atoms with Gasteiger partial charge in [0.15, 0.2) is 0 Å². The van der Waals surface area contributed by atoms with E-state index >= 15 is 0 Å². The van der Waals surface area contributed by atoms with Crippen LogP contribution in [0.3, 0.4) is 0 Å². The van der Waals surface area contributed by atoms with Gasteiger partial charge in [-0.2, -0.15) is 13.2 Å². The van der Waals surface area contributed by atoms with E-state index in [1.165, 1.54) is 6.07 Å². The van der Waals surface area contributed by atoms with Gasteiger partial charge in [0.2, 0.25) is 5.91 Å². The lowest BCUT2D eigenvalue weighted by Crippen LogP contribution is -2.39. The molecule has 5 nitrogen and oxygen atoms in total. The van der Waals surface area contributed by atoms with Crippen LogP contribution in [0.5, 0.6) is 0 Å². The molecule has 0 bridgehead atoms. The molecular weight excluding hydrogens is 357 g/mol. The zero-order chi connectivity index (χ0) is 18.0. The van der Waals surface area contributed by atoms with Gasteiger partial charge in [0.1, 0.15) is 6.04 Å². The Morgan fingerprint density at radius 3 is 2.76 bits per heavy atom. The molecule has 3 rings (SSSR count). The number of aromatic nitrogens is 1. The quantitative estimate of drug-likeness (QED) is 0.775. The van der Waals surface area contributed by atoms with Crippen LogP contribution >= 0.6 is 11.6 Å². The van der Waals surface area contributed by atoms with Crippen LogP contribution in [0.25, 0.3) is 0 Å². The maximum atomic E-state index is 12.9. The first-order valence-electron chi connectivity index (χ1n) is 7.43. The summed E-state index contributed by atoms with van der Waals surface area (Å²) in [7, 11) is 0. The number of amides is 1. The maximum absolute atomic E-state index is 12.9. The largest absolute Gasteiger partial charge is 0.417 e. The number of pyridine rings is 1. The maximum Gasteiger partial charge on any atom is 0.417 e. The van der Waals surface area contributed by atoms with E-state index in [0.717, 1.165) is 17.7 Å². The predicted octanol–water partition coefficient (Wildman–Crippen LogP) is 3.30. The van der Waals surface area contributed by atoms with Crippen molar-refractivity contribution in [3.63, 3.8) is 0 Å². The van der Waals surface area contributed by atoms with Crippen LogP contribution in [0.2, 0.25) is 5.02 Å². The highest BCUT2D eigenvalue weighted by Gasteiger charge is 2.34. The third-order valence-corrected chi connectivity index (χ3v) is 4.18. The third-order valence-electron chi connectivity index (χ3n) is 3.85. The number of hydrogen-bond acceptors (Lipinski definition) is 4. The fourth-order valence-corrected chi connectivity index (χ4v) is 2.80. The van der Waals surface area contributed by atoms with Crippen molar-refractivity contribution in [3.8, 4) is 0 Å². The zero-order valence-corrected chi connectivity index (χ0v) is 13.5.